The largest absolute Gasteiger partial charge is 0.376 e. The minimum Gasteiger partial charge on any atom is -0.376 e. The maximum Gasteiger partial charge on any atom is 0.0704 e. The SMILES string of the molecule is [CH2]OC(C)C/C=C(\C)C(=C)C. The third-order valence-corrected chi connectivity index (χ3v) is 1.71. The number of hydrogen-bond donors (Lipinski definition) is 0. The molecule has 0 aromatic carbocycles. The van der Waals surface area contributed by atoms with Crippen LogP contribution in [0.4, 0.5) is 0 Å². The summed E-state index contributed by atoms with van der Waals surface area (Å²) < 4.78 is 4.86. The van der Waals surface area contributed by atoms with E-state index in [1.165, 1.54) is 5.57 Å². The van der Waals surface area contributed by atoms with Crippen LogP contribution in [-0.2, 0) is 4.74 Å². The van der Waals surface area contributed by atoms with Crippen molar-refractivity contribution in [3.05, 3.63) is 30.9 Å². The van der Waals surface area contributed by atoms with E-state index in [1.54, 1.807) is 0 Å². The lowest BCUT2D eigenvalue weighted by atomic mass is 10.1. The summed E-state index contributed by atoms with van der Waals surface area (Å²) in [5.74, 6) is 0. The Morgan fingerprint density at radius 2 is 2.09 bits per heavy atom. The summed E-state index contributed by atoms with van der Waals surface area (Å²) in [5.41, 5.74) is 2.34. The van der Waals surface area contributed by atoms with Gasteiger partial charge in [0, 0.05) is 0 Å². The van der Waals surface area contributed by atoms with Crippen molar-refractivity contribution in [2.75, 3.05) is 0 Å². The van der Waals surface area contributed by atoms with Gasteiger partial charge in [-0.25, -0.2) is 0 Å². The molecule has 0 aliphatic heterocycles. The monoisotopic (exact) mass is 153 g/mol. The Morgan fingerprint density at radius 3 is 2.45 bits per heavy atom. The summed E-state index contributed by atoms with van der Waals surface area (Å²) in [5, 5.41) is 0. The van der Waals surface area contributed by atoms with Gasteiger partial charge in [0.1, 0.15) is 0 Å². The summed E-state index contributed by atoms with van der Waals surface area (Å²) in [4.78, 5) is 0. The van der Waals surface area contributed by atoms with Gasteiger partial charge in [-0.15, -0.1) is 0 Å². The molecular formula is C10H17O. The summed E-state index contributed by atoms with van der Waals surface area (Å²) in [7, 11) is 3.36. The first kappa shape index (κ1) is 10.4. The second-order valence-corrected chi connectivity index (χ2v) is 2.88. The molecule has 0 bridgehead atoms. The van der Waals surface area contributed by atoms with Crippen molar-refractivity contribution in [3.63, 3.8) is 0 Å². The maximum atomic E-state index is 4.86. The van der Waals surface area contributed by atoms with Crippen molar-refractivity contribution < 1.29 is 4.74 Å². The van der Waals surface area contributed by atoms with E-state index in [9.17, 15) is 0 Å². The molecule has 1 radical (unpaired) electrons. The van der Waals surface area contributed by atoms with Crippen LogP contribution in [-0.4, -0.2) is 6.10 Å². The zero-order chi connectivity index (χ0) is 8.85. The van der Waals surface area contributed by atoms with E-state index in [0.29, 0.717) is 0 Å². The highest BCUT2D eigenvalue weighted by Crippen LogP contribution is 2.08. The summed E-state index contributed by atoms with van der Waals surface area (Å²) in [6, 6.07) is 0. The molecule has 0 heterocycles. The van der Waals surface area contributed by atoms with Gasteiger partial charge in [0.15, 0.2) is 0 Å². The minimum absolute atomic E-state index is 0.198. The molecule has 0 aromatic heterocycles. The smallest absolute Gasteiger partial charge is 0.0704 e. The van der Waals surface area contributed by atoms with Crippen LogP contribution in [0.2, 0.25) is 0 Å². The van der Waals surface area contributed by atoms with Crippen LogP contribution in [0.5, 0.6) is 0 Å². The number of rotatable bonds is 4. The molecule has 11 heavy (non-hydrogen) atoms. The van der Waals surface area contributed by atoms with E-state index in [0.717, 1.165) is 12.0 Å². The van der Waals surface area contributed by atoms with E-state index >= 15 is 0 Å². The summed E-state index contributed by atoms with van der Waals surface area (Å²) >= 11 is 0. The van der Waals surface area contributed by atoms with Gasteiger partial charge in [-0.05, 0) is 27.2 Å². The van der Waals surface area contributed by atoms with Crippen LogP contribution in [0.15, 0.2) is 23.8 Å². The van der Waals surface area contributed by atoms with Crippen molar-refractivity contribution in [3.8, 4) is 0 Å². The van der Waals surface area contributed by atoms with Crippen LogP contribution in [0.3, 0.4) is 0 Å². The standard InChI is InChI=1S/C10H17O/c1-8(2)9(3)6-7-10(4)11-5/h6,10H,1,5,7H2,2-4H3/b9-6+. The molecular weight excluding hydrogens is 136 g/mol. The normalized spacial score (nSPS) is 14.7. The molecule has 0 saturated carbocycles. The Morgan fingerprint density at radius 1 is 1.55 bits per heavy atom. The van der Waals surface area contributed by atoms with E-state index in [4.69, 9.17) is 4.74 Å². The first-order valence-corrected chi connectivity index (χ1v) is 3.81. The Bertz CT molecular complexity index is 156. The molecule has 1 nitrogen and oxygen atoms in total. The molecule has 1 unspecified atom stereocenters. The highest BCUT2D eigenvalue weighted by molar-refractivity contribution is 5.23. The van der Waals surface area contributed by atoms with E-state index in [2.05, 4.69) is 26.7 Å². The van der Waals surface area contributed by atoms with Gasteiger partial charge in [0.05, 0.1) is 13.2 Å². The Balaban J connectivity index is 3.82. The average molecular weight is 153 g/mol. The van der Waals surface area contributed by atoms with Crippen LogP contribution < -0.4 is 0 Å². The van der Waals surface area contributed by atoms with E-state index < -0.39 is 0 Å². The molecule has 0 amide bonds. The molecule has 0 fully saturated rings. The fourth-order valence-corrected chi connectivity index (χ4v) is 0.585. The fraction of sp³-hybridized carbons (Fsp3) is 0.500. The van der Waals surface area contributed by atoms with Crippen LogP contribution in [0.1, 0.15) is 27.2 Å². The van der Waals surface area contributed by atoms with Crippen LogP contribution in [0.25, 0.3) is 0 Å². The minimum atomic E-state index is 0.198. The highest BCUT2D eigenvalue weighted by Gasteiger charge is 1.96. The fourth-order valence-electron chi connectivity index (χ4n) is 0.585. The second-order valence-electron chi connectivity index (χ2n) is 2.88. The quantitative estimate of drug-likeness (QED) is 0.564. The van der Waals surface area contributed by atoms with Gasteiger partial charge in [0.2, 0.25) is 0 Å². The van der Waals surface area contributed by atoms with Crippen molar-refractivity contribution in [1.29, 1.82) is 0 Å². The van der Waals surface area contributed by atoms with Gasteiger partial charge >= 0.3 is 0 Å². The zero-order valence-electron chi connectivity index (χ0n) is 7.68. The summed E-state index contributed by atoms with van der Waals surface area (Å²) in [6.07, 6.45) is 3.23. The molecule has 0 N–H and O–H groups in total. The third kappa shape index (κ3) is 4.79. The Kier molecular flexibility index (Phi) is 4.88. The van der Waals surface area contributed by atoms with Crippen molar-refractivity contribution in [1.82, 2.24) is 0 Å². The number of allylic oxidation sites excluding steroid dienone is 2. The molecule has 1 atom stereocenters. The molecule has 0 aliphatic carbocycles. The van der Waals surface area contributed by atoms with Gasteiger partial charge < -0.3 is 4.74 Å². The lowest BCUT2D eigenvalue weighted by molar-refractivity contribution is 0.158. The van der Waals surface area contributed by atoms with Crippen LogP contribution in [0, 0.1) is 7.11 Å². The lowest BCUT2D eigenvalue weighted by Gasteiger charge is -2.06. The second kappa shape index (κ2) is 5.14. The molecule has 0 spiro atoms. The zero-order valence-corrected chi connectivity index (χ0v) is 7.68. The molecule has 63 valence electrons. The predicted molar refractivity (Wildman–Crippen MR) is 49.1 cm³/mol. The number of hydrogen-bond acceptors (Lipinski definition) is 1. The van der Waals surface area contributed by atoms with Gasteiger partial charge in [0.25, 0.3) is 0 Å². The Labute approximate surface area is 69.8 Å². The number of ether oxygens (including phenoxy) is 1. The maximum absolute atomic E-state index is 4.86. The predicted octanol–water partition coefficient (Wildman–Crippen LogP) is 3.10. The first-order chi connectivity index (χ1) is 5.07. The molecule has 0 saturated heterocycles. The topological polar surface area (TPSA) is 9.23 Å². The van der Waals surface area contributed by atoms with Gasteiger partial charge in [-0.1, -0.05) is 23.8 Å². The molecule has 0 aliphatic rings. The first-order valence-electron chi connectivity index (χ1n) is 3.81. The highest BCUT2D eigenvalue weighted by atomic mass is 16.5. The van der Waals surface area contributed by atoms with Crippen molar-refractivity contribution in [2.45, 2.75) is 33.3 Å². The molecule has 1 heteroatoms. The van der Waals surface area contributed by atoms with Crippen molar-refractivity contribution >= 4 is 0 Å². The van der Waals surface area contributed by atoms with E-state index in [-0.39, 0.29) is 6.10 Å². The Hall–Kier alpha value is -0.560. The van der Waals surface area contributed by atoms with Gasteiger partial charge in [-0.2, -0.15) is 0 Å². The summed E-state index contributed by atoms with van der Waals surface area (Å²) in [6.45, 7) is 9.88. The average Bonchev–Trinajstić information content (AvgIpc) is 1.99. The van der Waals surface area contributed by atoms with Gasteiger partial charge in [-0.3, -0.25) is 0 Å². The van der Waals surface area contributed by atoms with E-state index in [1.807, 2.05) is 13.8 Å². The van der Waals surface area contributed by atoms with Crippen LogP contribution >= 0.6 is 0 Å². The lowest BCUT2D eigenvalue weighted by Crippen LogP contribution is -2.00. The molecule has 0 rings (SSSR count). The molecule has 0 aromatic rings. The third-order valence-electron chi connectivity index (χ3n) is 1.71. The van der Waals surface area contributed by atoms with Crippen molar-refractivity contribution in [2.24, 2.45) is 0 Å².